The summed E-state index contributed by atoms with van der Waals surface area (Å²) in [6.07, 6.45) is 4.99. The molecule has 8 nitrogen and oxygen atoms in total. The van der Waals surface area contributed by atoms with Gasteiger partial charge >= 0.3 is 0 Å². The Hall–Kier alpha value is -3.36. The first-order chi connectivity index (χ1) is 17.2. The van der Waals surface area contributed by atoms with E-state index in [9.17, 15) is 9.59 Å². The van der Waals surface area contributed by atoms with Gasteiger partial charge in [0, 0.05) is 47.9 Å². The Morgan fingerprint density at radius 1 is 1.25 bits per heavy atom. The summed E-state index contributed by atoms with van der Waals surface area (Å²) in [7, 11) is 1.87. The number of carbonyl (C=O) groups excluding carboxylic acids is 1. The quantitative estimate of drug-likeness (QED) is 0.314. The molecule has 3 aromatic rings. The van der Waals surface area contributed by atoms with E-state index in [1.165, 1.54) is 8.99 Å². The molecule has 4 rings (SSSR count). The highest BCUT2D eigenvalue weighted by atomic mass is 35.5. The first kappa shape index (κ1) is 25.7. The number of halogens is 1. The second kappa shape index (κ2) is 10.7. The number of ether oxygens (including phenoxy) is 1. The van der Waals surface area contributed by atoms with Crippen molar-refractivity contribution in [2.75, 3.05) is 25.5 Å². The molecule has 2 N–H and O–H groups in total. The largest absolute Gasteiger partial charge is 0.492 e. The van der Waals surface area contributed by atoms with E-state index in [4.69, 9.17) is 16.5 Å². The highest BCUT2D eigenvalue weighted by Crippen LogP contribution is 2.32. The van der Waals surface area contributed by atoms with E-state index in [0.717, 1.165) is 36.3 Å². The van der Waals surface area contributed by atoms with Crippen molar-refractivity contribution in [3.05, 3.63) is 81.9 Å². The number of carbonyl (C=O) groups is 1. The van der Waals surface area contributed by atoms with Gasteiger partial charge in [-0.15, -0.1) is 0 Å². The molecular weight excluding hydrogens is 478 g/mol. The van der Waals surface area contributed by atoms with Crippen molar-refractivity contribution in [3.8, 4) is 11.4 Å². The Labute approximate surface area is 216 Å². The number of para-hydroxylation sites is 1. The molecule has 0 bridgehead atoms. The molecule has 9 heteroatoms. The molecule has 0 saturated heterocycles. The van der Waals surface area contributed by atoms with E-state index < -0.39 is 5.54 Å². The first-order valence-electron chi connectivity index (χ1n) is 12.1. The van der Waals surface area contributed by atoms with Gasteiger partial charge in [0.1, 0.15) is 12.4 Å². The minimum absolute atomic E-state index is 0.0793. The molecule has 36 heavy (non-hydrogen) atoms. The molecule has 0 spiro atoms. The minimum Gasteiger partial charge on any atom is -0.492 e. The van der Waals surface area contributed by atoms with Crippen molar-refractivity contribution in [2.45, 2.75) is 45.2 Å². The molecule has 1 saturated carbocycles. The maximum absolute atomic E-state index is 13.5. The summed E-state index contributed by atoms with van der Waals surface area (Å²) in [5.41, 5.74) is 1.81. The Morgan fingerprint density at radius 2 is 2.00 bits per heavy atom. The third-order valence-electron chi connectivity index (χ3n) is 6.22. The van der Waals surface area contributed by atoms with Crippen LogP contribution in [-0.2, 0) is 5.54 Å². The van der Waals surface area contributed by atoms with Gasteiger partial charge in [0.25, 0.3) is 11.5 Å². The minimum atomic E-state index is -0.655. The molecule has 0 unspecified atom stereocenters. The number of hydrogen-bond donors (Lipinski definition) is 2. The van der Waals surface area contributed by atoms with Crippen LogP contribution < -0.4 is 20.9 Å². The molecule has 1 heterocycles. The van der Waals surface area contributed by atoms with E-state index in [2.05, 4.69) is 15.6 Å². The van der Waals surface area contributed by atoms with Gasteiger partial charge < -0.3 is 15.4 Å². The van der Waals surface area contributed by atoms with Crippen LogP contribution in [0.3, 0.4) is 0 Å². The Kier molecular flexibility index (Phi) is 7.66. The summed E-state index contributed by atoms with van der Waals surface area (Å²) >= 11 is 6.22. The number of likely N-dealkylation sites (N-methyl/N-ethyl adjacent to an activating group) is 1. The van der Waals surface area contributed by atoms with Crippen LogP contribution in [0.25, 0.3) is 5.69 Å². The van der Waals surface area contributed by atoms with Crippen LogP contribution in [0.4, 0.5) is 5.82 Å². The lowest BCUT2D eigenvalue weighted by Gasteiger charge is -2.29. The smallest absolute Gasteiger partial charge is 0.297 e. The molecule has 1 amide bonds. The van der Waals surface area contributed by atoms with Gasteiger partial charge in [-0.3, -0.25) is 14.2 Å². The molecule has 1 aliphatic rings. The highest BCUT2D eigenvalue weighted by Gasteiger charge is 2.32. The van der Waals surface area contributed by atoms with Gasteiger partial charge in [-0.1, -0.05) is 24.3 Å². The van der Waals surface area contributed by atoms with E-state index in [1.807, 2.05) is 58.2 Å². The number of anilines is 1. The summed E-state index contributed by atoms with van der Waals surface area (Å²) < 4.78 is 8.73. The lowest BCUT2D eigenvalue weighted by molar-refractivity contribution is 0.0857. The Bertz CT molecular complexity index is 1300. The Balaban J connectivity index is 1.64. The van der Waals surface area contributed by atoms with E-state index >= 15 is 0 Å². The van der Waals surface area contributed by atoms with Crippen LogP contribution in [-0.4, -0.2) is 46.1 Å². The second-order valence-corrected chi connectivity index (χ2v) is 9.86. The summed E-state index contributed by atoms with van der Waals surface area (Å²) in [5, 5.41) is 6.38. The zero-order chi connectivity index (χ0) is 25.9. The van der Waals surface area contributed by atoms with E-state index in [-0.39, 0.29) is 23.3 Å². The van der Waals surface area contributed by atoms with Crippen molar-refractivity contribution >= 4 is 23.5 Å². The van der Waals surface area contributed by atoms with E-state index in [0.29, 0.717) is 17.9 Å². The lowest BCUT2D eigenvalue weighted by atomic mass is 9.93. The molecule has 1 aromatic heterocycles. The molecule has 1 aliphatic carbocycles. The van der Waals surface area contributed by atoms with Gasteiger partial charge in [0.15, 0.2) is 5.82 Å². The van der Waals surface area contributed by atoms with E-state index in [1.54, 1.807) is 24.5 Å². The Morgan fingerprint density at radius 3 is 2.72 bits per heavy atom. The molecule has 2 aromatic carbocycles. The predicted molar refractivity (Wildman–Crippen MR) is 142 cm³/mol. The normalized spacial score (nSPS) is 13.4. The number of nitrogens with zero attached hydrogens (tertiary/aromatic N) is 3. The summed E-state index contributed by atoms with van der Waals surface area (Å²) in [5.74, 6) is 0.669. The maximum Gasteiger partial charge on any atom is 0.297 e. The van der Waals surface area contributed by atoms with Crippen LogP contribution in [0.1, 0.15) is 48.2 Å². The fourth-order valence-corrected chi connectivity index (χ4v) is 4.31. The first-order valence-corrected chi connectivity index (χ1v) is 12.4. The van der Waals surface area contributed by atoms with Crippen molar-refractivity contribution < 1.29 is 9.53 Å². The number of hydrogen-bond acceptors (Lipinski definition) is 6. The predicted octanol–water partition coefficient (Wildman–Crippen LogP) is 4.24. The molecule has 0 radical (unpaired) electrons. The number of rotatable bonds is 10. The van der Waals surface area contributed by atoms with Gasteiger partial charge in [-0.2, -0.15) is 0 Å². The number of nitrogens with one attached hydrogen (secondary N) is 2. The molecule has 1 fully saturated rings. The zero-order valence-electron chi connectivity index (χ0n) is 21.0. The maximum atomic E-state index is 13.5. The van der Waals surface area contributed by atoms with Crippen LogP contribution in [0.5, 0.6) is 5.75 Å². The second-order valence-electron chi connectivity index (χ2n) is 9.50. The molecular formula is C27H32ClN5O3. The topological polar surface area (TPSA) is 88.5 Å². The SMILES string of the molecule is CNCCOc1ccccc1C(C)(C)Nc1nccn(-c2cc(C(=O)N(Cl)C3CC3)ccc2C)c1=O. The highest BCUT2D eigenvalue weighted by molar-refractivity contribution is 6.24. The van der Waals surface area contributed by atoms with Crippen molar-refractivity contribution in [2.24, 2.45) is 0 Å². The molecule has 0 aliphatic heterocycles. The fourth-order valence-electron chi connectivity index (χ4n) is 4.01. The van der Waals surface area contributed by atoms with Gasteiger partial charge in [0.2, 0.25) is 0 Å². The average Bonchev–Trinajstić information content (AvgIpc) is 3.71. The van der Waals surface area contributed by atoms with Gasteiger partial charge in [-0.25, -0.2) is 9.40 Å². The standard InChI is InChI=1S/C27H32ClN5O3/c1-18-9-10-19(25(34)33(28)20-11-12-20)17-22(18)32-15-13-30-24(26(32)35)31-27(2,3)21-7-5-6-8-23(21)36-16-14-29-4/h5-10,13,15,17,20,29H,11-12,14,16H2,1-4H3,(H,30,31). The number of amides is 1. The van der Waals surface area contributed by atoms with Crippen molar-refractivity contribution in [3.63, 3.8) is 0 Å². The monoisotopic (exact) mass is 509 g/mol. The number of benzene rings is 2. The zero-order valence-corrected chi connectivity index (χ0v) is 21.8. The summed E-state index contributed by atoms with van der Waals surface area (Å²) in [6, 6.07) is 13.1. The van der Waals surface area contributed by atoms with Crippen LogP contribution in [0.15, 0.2) is 59.7 Å². The number of aromatic nitrogens is 2. The summed E-state index contributed by atoms with van der Waals surface area (Å²) in [4.78, 5) is 30.7. The third kappa shape index (κ3) is 5.55. The third-order valence-corrected chi connectivity index (χ3v) is 6.65. The van der Waals surface area contributed by atoms with Gasteiger partial charge in [-0.05, 0) is 64.4 Å². The lowest BCUT2D eigenvalue weighted by Crippen LogP contribution is -2.34. The van der Waals surface area contributed by atoms with Crippen LogP contribution in [0, 0.1) is 6.92 Å². The fraction of sp³-hybridized carbons (Fsp3) is 0.370. The van der Waals surface area contributed by atoms with Crippen LogP contribution in [0.2, 0.25) is 0 Å². The van der Waals surface area contributed by atoms with Gasteiger partial charge in [0.05, 0.1) is 11.2 Å². The number of aryl methyl sites for hydroxylation is 1. The van der Waals surface area contributed by atoms with Crippen molar-refractivity contribution in [1.29, 1.82) is 0 Å². The van der Waals surface area contributed by atoms with Crippen LogP contribution >= 0.6 is 11.8 Å². The molecule has 190 valence electrons. The average molecular weight is 510 g/mol. The molecule has 0 atom stereocenters. The van der Waals surface area contributed by atoms with Crippen molar-refractivity contribution in [1.82, 2.24) is 19.3 Å². The summed E-state index contributed by atoms with van der Waals surface area (Å²) in [6.45, 7) is 7.09.